The number of benzene rings is 1. The molecule has 0 spiro atoms. The SMILES string of the molecule is Fc1cc(Cl)cc(-c2nc(Cl)c(Br)c(C3CCCC3)n2)c1. The van der Waals surface area contributed by atoms with Gasteiger partial charge in [0.1, 0.15) is 11.0 Å². The van der Waals surface area contributed by atoms with E-state index in [0.29, 0.717) is 27.5 Å². The van der Waals surface area contributed by atoms with E-state index in [1.165, 1.54) is 25.0 Å². The van der Waals surface area contributed by atoms with E-state index < -0.39 is 5.82 Å². The number of hydrogen-bond donors (Lipinski definition) is 0. The van der Waals surface area contributed by atoms with E-state index in [1.807, 2.05) is 0 Å². The first-order valence-corrected chi connectivity index (χ1v) is 8.29. The lowest BCUT2D eigenvalue weighted by Gasteiger charge is -2.13. The van der Waals surface area contributed by atoms with Crippen molar-refractivity contribution in [2.45, 2.75) is 31.6 Å². The molecule has 6 heteroatoms. The van der Waals surface area contributed by atoms with Crippen molar-refractivity contribution in [2.24, 2.45) is 0 Å². The van der Waals surface area contributed by atoms with Gasteiger partial charge in [0, 0.05) is 16.5 Å². The summed E-state index contributed by atoms with van der Waals surface area (Å²) in [5, 5.41) is 0.664. The summed E-state index contributed by atoms with van der Waals surface area (Å²) in [5.41, 5.74) is 1.44. The summed E-state index contributed by atoms with van der Waals surface area (Å²) in [4.78, 5) is 8.84. The minimum absolute atomic E-state index is 0.315. The Balaban J connectivity index is 2.10. The van der Waals surface area contributed by atoms with Gasteiger partial charge in [0.05, 0.1) is 10.2 Å². The monoisotopic (exact) mass is 388 g/mol. The maximum absolute atomic E-state index is 13.5. The van der Waals surface area contributed by atoms with Gasteiger partial charge in [0.25, 0.3) is 0 Å². The van der Waals surface area contributed by atoms with E-state index in [2.05, 4.69) is 25.9 Å². The normalized spacial score (nSPS) is 15.6. The van der Waals surface area contributed by atoms with Crippen molar-refractivity contribution >= 4 is 39.1 Å². The van der Waals surface area contributed by atoms with Gasteiger partial charge in [0.15, 0.2) is 5.82 Å². The summed E-state index contributed by atoms with van der Waals surface area (Å²) in [7, 11) is 0. The molecule has 0 unspecified atom stereocenters. The molecule has 0 radical (unpaired) electrons. The average Bonchev–Trinajstić information content (AvgIpc) is 2.94. The predicted octanol–water partition coefficient (Wildman–Crippen LogP) is 6.01. The molecule has 110 valence electrons. The van der Waals surface area contributed by atoms with Crippen LogP contribution in [0.15, 0.2) is 22.7 Å². The second-order valence-corrected chi connectivity index (χ2v) is 6.76. The van der Waals surface area contributed by atoms with Crippen LogP contribution in [-0.4, -0.2) is 9.97 Å². The highest BCUT2D eigenvalue weighted by Gasteiger charge is 2.24. The topological polar surface area (TPSA) is 25.8 Å². The lowest BCUT2D eigenvalue weighted by atomic mass is 10.0. The molecule has 1 saturated carbocycles. The molecule has 2 aromatic rings. The van der Waals surface area contributed by atoms with Crippen molar-refractivity contribution in [2.75, 3.05) is 0 Å². The van der Waals surface area contributed by atoms with Gasteiger partial charge in [-0.05, 0) is 47.0 Å². The van der Waals surface area contributed by atoms with Crippen molar-refractivity contribution in [3.63, 3.8) is 0 Å². The largest absolute Gasteiger partial charge is 0.231 e. The summed E-state index contributed by atoms with van der Waals surface area (Å²) in [6, 6.07) is 4.26. The first-order valence-electron chi connectivity index (χ1n) is 6.74. The zero-order valence-electron chi connectivity index (χ0n) is 11.0. The fourth-order valence-corrected chi connectivity index (χ4v) is 3.62. The third kappa shape index (κ3) is 3.22. The summed E-state index contributed by atoms with van der Waals surface area (Å²) >= 11 is 15.6. The highest BCUT2D eigenvalue weighted by Crippen LogP contribution is 2.39. The van der Waals surface area contributed by atoms with Gasteiger partial charge >= 0.3 is 0 Å². The van der Waals surface area contributed by atoms with Crippen LogP contribution in [0.2, 0.25) is 10.2 Å². The van der Waals surface area contributed by atoms with Crippen LogP contribution in [0.1, 0.15) is 37.3 Å². The Morgan fingerprint density at radius 3 is 2.48 bits per heavy atom. The van der Waals surface area contributed by atoms with E-state index in [0.717, 1.165) is 23.0 Å². The van der Waals surface area contributed by atoms with E-state index in [4.69, 9.17) is 23.2 Å². The molecular weight excluding hydrogens is 378 g/mol. The average molecular weight is 390 g/mol. The van der Waals surface area contributed by atoms with Crippen LogP contribution in [0.4, 0.5) is 4.39 Å². The second-order valence-electron chi connectivity index (χ2n) is 5.18. The van der Waals surface area contributed by atoms with Crippen LogP contribution >= 0.6 is 39.1 Å². The molecule has 1 aromatic heterocycles. The molecule has 0 N–H and O–H groups in total. The number of rotatable bonds is 2. The van der Waals surface area contributed by atoms with Crippen LogP contribution < -0.4 is 0 Å². The molecular formula is C15H12BrCl2FN2. The molecule has 1 fully saturated rings. The Labute approximate surface area is 140 Å². The molecule has 1 heterocycles. The highest BCUT2D eigenvalue weighted by molar-refractivity contribution is 9.10. The number of hydrogen-bond acceptors (Lipinski definition) is 2. The minimum Gasteiger partial charge on any atom is -0.231 e. The van der Waals surface area contributed by atoms with E-state index >= 15 is 0 Å². The lowest BCUT2D eigenvalue weighted by Crippen LogP contribution is -2.03. The van der Waals surface area contributed by atoms with Crippen molar-refractivity contribution in [3.8, 4) is 11.4 Å². The maximum Gasteiger partial charge on any atom is 0.161 e. The van der Waals surface area contributed by atoms with Crippen LogP contribution in [0.25, 0.3) is 11.4 Å². The van der Waals surface area contributed by atoms with E-state index in [1.54, 1.807) is 6.07 Å². The third-order valence-corrected chi connectivity index (χ3v) is 5.20. The third-order valence-electron chi connectivity index (χ3n) is 3.70. The Bertz CT molecular complexity index is 667. The number of halogens is 4. The quantitative estimate of drug-likeness (QED) is 0.587. The molecule has 1 aromatic carbocycles. The molecule has 0 atom stereocenters. The summed E-state index contributed by atoms with van der Waals surface area (Å²) < 4.78 is 14.3. The van der Waals surface area contributed by atoms with E-state index in [9.17, 15) is 4.39 Å². The Morgan fingerprint density at radius 2 is 1.81 bits per heavy atom. The smallest absolute Gasteiger partial charge is 0.161 e. The summed E-state index contributed by atoms with van der Waals surface area (Å²) in [6.45, 7) is 0. The number of aromatic nitrogens is 2. The first kappa shape index (κ1) is 15.2. The van der Waals surface area contributed by atoms with Crippen LogP contribution in [-0.2, 0) is 0 Å². The molecule has 0 amide bonds. The summed E-state index contributed by atoms with van der Waals surface area (Å²) in [5.74, 6) is 0.372. The first-order chi connectivity index (χ1) is 10.0. The van der Waals surface area contributed by atoms with Gasteiger partial charge in [0.2, 0.25) is 0 Å². The van der Waals surface area contributed by atoms with Gasteiger partial charge in [-0.2, -0.15) is 0 Å². The molecule has 0 bridgehead atoms. The standard InChI is InChI=1S/C15H12BrCl2FN2/c16-12-13(8-3-1-2-4-8)20-15(21-14(12)18)9-5-10(17)7-11(19)6-9/h5-8H,1-4H2. The molecule has 1 aliphatic carbocycles. The molecule has 1 aliphatic rings. The van der Waals surface area contributed by atoms with Crippen LogP contribution in [0, 0.1) is 5.82 Å². The summed E-state index contributed by atoms with van der Waals surface area (Å²) in [6.07, 6.45) is 4.57. The van der Waals surface area contributed by atoms with Gasteiger partial charge in [-0.25, -0.2) is 14.4 Å². The molecule has 0 aliphatic heterocycles. The fraction of sp³-hybridized carbons (Fsp3) is 0.333. The van der Waals surface area contributed by atoms with Crippen molar-refractivity contribution in [1.29, 1.82) is 0 Å². The Kier molecular flexibility index (Phi) is 4.48. The van der Waals surface area contributed by atoms with Crippen LogP contribution in [0.3, 0.4) is 0 Å². The van der Waals surface area contributed by atoms with Gasteiger partial charge in [-0.3, -0.25) is 0 Å². The van der Waals surface area contributed by atoms with Gasteiger partial charge in [-0.15, -0.1) is 0 Å². The Morgan fingerprint density at radius 1 is 1.10 bits per heavy atom. The fourth-order valence-electron chi connectivity index (χ4n) is 2.72. The van der Waals surface area contributed by atoms with Crippen molar-refractivity contribution < 1.29 is 4.39 Å². The molecule has 3 rings (SSSR count). The Hall–Kier alpha value is -0.710. The number of nitrogens with zero attached hydrogens (tertiary/aromatic N) is 2. The molecule has 21 heavy (non-hydrogen) atoms. The molecule has 0 saturated heterocycles. The van der Waals surface area contributed by atoms with Gasteiger partial charge in [-0.1, -0.05) is 36.0 Å². The van der Waals surface area contributed by atoms with Crippen molar-refractivity contribution in [3.05, 3.63) is 44.4 Å². The lowest BCUT2D eigenvalue weighted by molar-refractivity contribution is 0.628. The zero-order chi connectivity index (χ0) is 15.0. The highest BCUT2D eigenvalue weighted by atomic mass is 79.9. The van der Waals surface area contributed by atoms with Crippen molar-refractivity contribution in [1.82, 2.24) is 9.97 Å². The maximum atomic E-state index is 13.5. The van der Waals surface area contributed by atoms with Gasteiger partial charge < -0.3 is 0 Å². The van der Waals surface area contributed by atoms with E-state index in [-0.39, 0.29) is 0 Å². The second kappa shape index (κ2) is 6.19. The zero-order valence-corrected chi connectivity index (χ0v) is 14.1. The minimum atomic E-state index is -0.414. The molecule has 2 nitrogen and oxygen atoms in total. The van der Waals surface area contributed by atoms with Crippen LogP contribution in [0.5, 0.6) is 0 Å². The predicted molar refractivity (Wildman–Crippen MR) is 86.4 cm³/mol.